The van der Waals surface area contributed by atoms with Crippen LogP contribution in [0, 0.1) is 20.8 Å². The molecule has 142 valence electrons. The SMILES string of the molecule is Cc1ccc(Cn2c(C)c(C)c3ccnc(NCc4ccc(Cl)cc4)c32)cc1. The summed E-state index contributed by atoms with van der Waals surface area (Å²) < 4.78 is 2.37. The first-order chi connectivity index (χ1) is 13.5. The van der Waals surface area contributed by atoms with Crippen LogP contribution in [0.2, 0.25) is 5.02 Å². The molecule has 0 atom stereocenters. The minimum absolute atomic E-state index is 0.705. The zero-order valence-corrected chi connectivity index (χ0v) is 17.2. The molecule has 0 amide bonds. The Balaban J connectivity index is 1.71. The molecule has 3 nitrogen and oxygen atoms in total. The molecule has 4 rings (SSSR count). The fourth-order valence-electron chi connectivity index (χ4n) is 3.59. The molecule has 0 unspecified atom stereocenters. The van der Waals surface area contributed by atoms with Gasteiger partial charge in [-0.25, -0.2) is 4.98 Å². The van der Waals surface area contributed by atoms with Crippen LogP contribution in [-0.4, -0.2) is 9.55 Å². The first-order valence-corrected chi connectivity index (χ1v) is 9.89. The number of rotatable bonds is 5. The number of hydrogen-bond acceptors (Lipinski definition) is 2. The zero-order valence-electron chi connectivity index (χ0n) is 16.5. The van der Waals surface area contributed by atoms with E-state index < -0.39 is 0 Å². The van der Waals surface area contributed by atoms with Gasteiger partial charge in [0.25, 0.3) is 0 Å². The number of hydrogen-bond donors (Lipinski definition) is 1. The van der Waals surface area contributed by atoms with Gasteiger partial charge in [0, 0.05) is 35.4 Å². The Morgan fingerprint density at radius 3 is 2.29 bits per heavy atom. The average Bonchev–Trinajstić information content (AvgIpc) is 2.95. The molecule has 0 saturated heterocycles. The summed E-state index contributed by atoms with van der Waals surface area (Å²) >= 11 is 6.00. The molecule has 0 aliphatic carbocycles. The van der Waals surface area contributed by atoms with E-state index in [4.69, 9.17) is 11.6 Å². The Morgan fingerprint density at radius 1 is 0.893 bits per heavy atom. The molecule has 0 saturated carbocycles. The molecule has 4 aromatic rings. The highest BCUT2D eigenvalue weighted by atomic mass is 35.5. The molecule has 1 N–H and O–H groups in total. The standard InChI is InChI=1S/C24H24ClN3/c1-16-4-6-20(7-5-16)15-28-18(3)17(2)22-12-13-26-24(23(22)28)27-14-19-8-10-21(25)11-9-19/h4-13H,14-15H2,1-3H3,(H,26,27). The van der Waals surface area contributed by atoms with E-state index in [1.807, 2.05) is 30.5 Å². The van der Waals surface area contributed by atoms with Crippen molar-refractivity contribution in [3.8, 4) is 0 Å². The van der Waals surface area contributed by atoms with Crippen molar-refractivity contribution in [3.63, 3.8) is 0 Å². The highest BCUT2D eigenvalue weighted by molar-refractivity contribution is 6.30. The van der Waals surface area contributed by atoms with Crippen LogP contribution in [0.15, 0.2) is 60.8 Å². The van der Waals surface area contributed by atoms with Crippen molar-refractivity contribution in [2.45, 2.75) is 33.9 Å². The average molecular weight is 390 g/mol. The van der Waals surface area contributed by atoms with Gasteiger partial charge in [-0.1, -0.05) is 53.6 Å². The summed E-state index contributed by atoms with van der Waals surface area (Å²) in [5.74, 6) is 0.913. The van der Waals surface area contributed by atoms with Gasteiger partial charge < -0.3 is 9.88 Å². The quantitative estimate of drug-likeness (QED) is 0.435. The van der Waals surface area contributed by atoms with Gasteiger partial charge in [-0.3, -0.25) is 0 Å². The second kappa shape index (κ2) is 7.69. The van der Waals surface area contributed by atoms with Gasteiger partial charge in [0.2, 0.25) is 0 Å². The molecular weight excluding hydrogens is 366 g/mol. The second-order valence-corrected chi connectivity index (χ2v) is 7.75. The van der Waals surface area contributed by atoms with Crippen LogP contribution >= 0.6 is 11.6 Å². The number of fused-ring (bicyclic) bond motifs is 1. The number of aromatic nitrogens is 2. The molecule has 2 aromatic carbocycles. The Labute approximate surface area is 171 Å². The van der Waals surface area contributed by atoms with Crippen LogP contribution in [-0.2, 0) is 13.1 Å². The summed E-state index contributed by atoms with van der Waals surface area (Å²) in [6.45, 7) is 8.03. The topological polar surface area (TPSA) is 29.9 Å². The molecule has 0 aliphatic heterocycles. The van der Waals surface area contributed by atoms with Crippen molar-refractivity contribution in [1.29, 1.82) is 0 Å². The monoisotopic (exact) mass is 389 g/mol. The van der Waals surface area contributed by atoms with E-state index in [0.29, 0.717) is 6.54 Å². The smallest absolute Gasteiger partial charge is 0.150 e. The first-order valence-electron chi connectivity index (χ1n) is 9.51. The predicted molar refractivity (Wildman–Crippen MR) is 118 cm³/mol. The maximum absolute atomic E-state index is 6.00. The Hall–Kier alpha value is -2.78. The van der Waals surface area contributed by atoms with Gasteiger partial charge >= 0.3 is 0 Å². The third-order valence-electron chi connectivity index (χ3n) is 5.38. The van der Waals surface area contributed by atoms with E-state index in [-0.39, 0.29) is 0 Å². The predicted octanol–water partition coefficient (Wildman–Crippen LogP) is 6.28. The molecule has 2 heterocycles. The summed E-state index contributed by atoms with van der Waals surface area (Å²) in [7, 11) is 0. The fourth-order valence-corrected chi connectivity index (χ4v) is 3.71. The molecule has 4 heteroatoms. The van der Waals surface area contributed by atoms with Crippen molar-refractivity contribution < 1.29 is 0 Å². The molecule has 2 aromatic heterocycles. The van der Waals surface area contributed by atoms with Crippen LogP contribution in [0.4, 0.5) is 5.82 Å². The fraction of sp³-hybridized carbons (Fsp3) is 0.208. The van der Waals surface area contributed by atoms with Crippen LogP contribution < -0.4 is 5.32 Å². The van der Waals surface area contributed by atoms with Crippen LogP contribution in [0.5, 0.6) is 0 Å². The van der Waals surface area contributed by atoms with Crippen molar-refractivity contribution in [3.05, 3.63) is 93.8 Å². The molecule has 0 aliphatic rings. The lowest BCUT2D eigenvalue weighted by atomic mass is 10.1. The highest BCUT2D eigenvalue weighted by Gasteiger charge is 2.15. The normalized spacial score (nSPS) is 11.1. The van der Waals surface area contributed by atoms with E-state index in [1.165, 1.54) is 33.3 Å². The Morgan fingerprint density at radius 2 is 1.57 bits per heavy atom. The Kier molecular flexibility index (Phi) is 5.10. The van der Waals surface area contributed by atoms with E-state index >= 15 is 0 Å². The number of nitrogens with zero attached hydrogens (tertiary/aromatic N) is 2. The van der Waals surface area contributed by atoms with Gasteiger partial charge in [-0.15, -0.1) is 0 Å². The lowest BCUT2D eigenvalue weighted by molar-refractivity contribution is 0.799. The summed E-state index contributed by atoms with van der Waals surface area (Å²) in [6, 6.07) is 18.8. The van der Waals surface area contributed by atoms with Gasteiger partial charge in [0.1, 0.15) is 0 Å². The summed E-state index contributed by atoms with van der Waals surface area (Å²) in [6.07, 6.45) is 1.88. The number of halogens is 1. The van der Waals surface area contributed by atoms with Crippen LogP contribution in [0.3, 0.4) is 0 Å². The second-order valence-electron chi connectivity index (χ2n) is 7.32. The molecule has 0 spiro atoms. The van der Waals surface area contributed by atoms with Gasteiger partial charge in [0.15, 0.2) is 5.82 Å². The van der Waals surface area contributed by atoms with Crippen molar-refractivity contribution in [1.82, 2.24) is 9.55 Å². The van der Waals surface area contributed by atoms with Crippen LogP contribution in [0.1, 0.15) is 27.9 Å². The molecule has 0 bridgehead atoms. The Bertz CT molecular complexity index is 1110. The molecular formula is C24H24ClN3. The lowest BCUT2D eigenvalue weighted by Gasteiger charge is -2.13. The summed E-state index contributed by atoms with van der Waals surface area (Å²) in [5.41, 5.74) is 7.48. The number of pyridine rings is 1. The summed E-state index contributed by atoms with van der Waals surface area (Å²) in [5, 5.41) is 5.52. The van der Waals surface area contributed by atoms with Crippen LogP contribution in [0.25, 0.3) is 10.9 Å². The maximum atomic E-state index is 6.00. The van der Waals surface area contributed by atoms with Gasteiger partial charge in [-0.2, -0.15) is 0 Å². The zero-order chi connectivity index (χ0) is 19.7. The third-order valence-corrected chi connectivity index (χ3v) is 5.63. The largest absolute Gasteiger partial charge is 0.364 e. The molecule has 0 fully saturated rings. The maximum Gasteiger partial charge on any atom is 0.150 e. The van der Waals surface area contributed by atoms with E-state index in [2.05, 4.69) is 66.0 Å². The third kappa shape index (κ3) is 3.63. The molecule has 0 radical (unpaired) electrons. The minimum Gasteiger partial charge on any atom is -0.364 e. The summed E-state index contributed by atoms with van der Waals surface area (Å²) in [4.78, 5) is 4.65. The van der Waals surface area contributed by atoms with Crippen molar-refractivity contribution >= 4 is 28.3 Å². The van der Waals surface area contributed by atoms with E-state index in [0.717, 1.165) is 22.9 Å². The highest BCUT2D eigenvalue weighted by Crippen LogP contribution is 2.30. The van der Waals surface area contributed by atoms with Gasteiger partial charge in [-0.05, 0) is 55.7 Å². The van der Waals surface area contributed by atoms with E-state index in [9.17, 15) is 0 Å². The van der Waals surface area contributed by atoms with Gasteiger partial charge in [0.05, 0.1) is 5.52 Å². The minimum atomic E-state index is 0.705. The number of nitrogens with one attached hydrogen (secondary N) is 1. The lowest BCUT2D eigenvalue weighted by Crippen LogP contribution is -2.07. The number of anilines is 1. The first kappa shape index (κ1) is 18.6. The van der Waals surface area contributed by atoms with E-state index in [1.54, 1.807) is 0 Å². The van der Waals surface area contributed by atoms with Crippen molar-refractivity contribution in [2.75, 3.05) is 5.32 Å². The molecule has 28 heavy (non-hydrogen) atoms. The number of benzene rings is 2. The van der Waals surface area contributed by atoms with Crippen molar-refractivity contribution in [2.24, 2.45) is 0 Å². The number of aryl methyl sites for hydroxylation is 2.